The Morgan fingerprint density at radius 3 is 2.67 bits per heavy atom. The summed E-state index contributed by atoms with van der Waals surface area (Å²) in [6.07, 6.45) is 0.975. The molecule has 0 aromatic heterocycles. The van der Waals surface area contributed by atoms with Gasteiger partial charge in [-0.15, -0.1) is 0 Å². The second-order valence-corrected chi connectivity index (χ2v) is 4.66. The van der Waals surface area contributed by atoms with Gasteiger partial charge < -0.3 is 14.8 Å². The molecule has 0 aliphatic carbocycles. The molecule has 0 radical (unpaired) electrons. The fourth-order valence-corrected chi connectivity index (χ4v) is 1.92. The predicted octanol–water partition coefficient (Wildman–Crippen LogP) is 1.98. The summed E-state index contributed by atoms with van der Waals surface area (Å²) >= 11 is 0. The van der Waals surface area contributed by atoms with Gasteiger partial charge in [-0.1, -0.05) is 0 Å². The molecule has 0 fully saturated rings. The van der Waals surface area contributed by atoms with Gasteiger partial charge in [0, 0.05) is 30.9 Å². The van der Waals surface area contributed by atoms with Gasteiger partial charge >= 0.3 is 0 Å². The summed E-state index contributed by atoms with van der Waals surface area (Å²) in [5.41, 5.74) is 1.29. The van der Waals surface area contributed by atoms with Gasteiger partial charge in [0.25, 0.3) is 0 Å². The highest BCUT2D eigenvalue weighted by atomic mass is 16.5. The minimum atomic E-state index is -0.0921. The van der Waals surface area contributed by atoms with E-state index in [0.717, 1.165) is 6.42 Å². The highest BCUT2D eigenvalue weighted by Crippen LogP contribution is 2.20. The maximum absolute atomic E-state index is 11.9. The summed E-state index contributed by atoms with van der Waals surface area (Å²) in [7, 11) is 1.55. The third-order valence-corrected chi connectivity index (χ3v) is 3.03. The highest BCUT2D eigenvalue weighted by Gasteiger charge is 2.11. The molecular formula is C16H23NO4. The average Bonchev–Trinajstić information content (AvgIpc) is 2.46. The molecular weight excluding hydrogens is 270 g/mol. The van der Waals surface area contributed by atoms with Crippen molar-refractivity contribution in [3.63, 3.8) is 0 Å². The Labute approximate surface area is 125 Å². The van der Waals surface area contributed by atoms with Crippen LogP contribution in [0.4, 0.5) is 0 Å². The molecule has 1 amide bonds. The van der Waals surface area contributed by atoms with Gasteiger partial charge in [0.2, 0.25) is 5.91 Å². The number of Topliss-reactive ketones (excluding diaryl/α,β-unsaturated/α-hetero) is 1. The Hall–Kier alpha value is -1.88. The van der Waals surface area contributed by atoms with Gasteiger partial charge in [-0.25, -0.2) is 0 Å². The molecule has 5 nitrogen and oxygen atoms in total. The van der Waals surface area contributed by atoms with Gasteiger partial charge in [-0.2, -0.15) is 0 Å². The van der Waals surface area contributed by atoms with E-state index in [2.05, 4.69) is 5.32 Å². The molecule has 5 heteroatoms. The Bertz CT molecular complexity index is 485. The van der Waals surface area contributed by atoms with Gasteiger partial charge in [0.15, 0.2) is 5.78 Å². The minimum absolute atomic E-state index is 0.0315. The molecule has 116 valence electrons. The van der Waals surface area contributed by atoms with Crippen LogP contribution in [0.15, 0.2) is 18.2 Å². The van der Waals surface area contributed by atoms with Crippen molar-refractivity contribution in [1.82, 2.24) is 5.32 Å². The van der Waals surface area contributed by atoms with Crippen molar-refractivity contribution >= 4 is 11.7 Å². The Morgan fingerprint density at radius 1 is 1.29 bits per heavy atom. The number of benzene rings is 1. The molecule has 0 atom stereocenters. The molecule has 0 aliphatic rings. The number of hydrogen-bond acceptors (Lipinski definition) is 4. The molecule has 0 saturated heterocycles. The first-order chi connectivity index (χ1) is 10.1. The number of ketones is 1. The monoisotopic (exact) mass is 293 g/mol. The van der Waals surface area contributed by atoms with Crippen molar-refractivity contribution in [2.75, 3.05) is 26.9 Å². The molecule has 0 unspecified atom stereocenters. The number of hydrogen-bond donors (Lipinski definition) is 1. The lowest BCUT2D eigenvalue weighted by molar-refractivity contribution is -0.120. The van der Waals surface area contributed by atoms with E-state index in [4.69, 9.17) is 9.47 Å². The summed E-state index contributed by atoms with van der Waals surface area (Å²) in [6, 6.07) is 5.13. The molecule has 1 aromatic carbocycles. The van der Waals surface area contributed by atoms with Crippen LogP contribution >= 0.6 is 0 Å². The smallest absolute Gasteiger partial charge is 0.224 e. The van der Waals surface area contributed by atoms with E-state index in [-0.39, 0.29) is 18.1 Å². The quantitative estimate of drug-likeness (QED) is 0.558. The minimum Gasteiger partial charge on any atom is -0.496 e. The average molecular weight is 293 g/mol. The van der Waals surface area contributed by atoms with E-state index in [1.54, 1.807) is 25.3 Å². The summed E-state index contributed by atoms with van der Waals surface area (Å²) in [6.45, 7) is 5.34. The third-order valence-electron chi connectivity index (χ3n) is 3.03. The number of nitrogens with one attached hydrogen (secondary N) is 1. The second-order valence-electron chi connectivity index (χ2n) is 4.66. The normalized spacial score (nSPS) is 10.2. The second kappa shape index (κ2) is 9.13. The van der Waals surface area contributed by atoms with Crippen molar-refractivity contribution in [1.29, 1.82) is 0 Å². The number of methoxy groups -OCH3 is 1. The van der Waals surface area contributed by atoms with Crippen LogP contribution in [0.3, 0.4) is 0 Å². The molecule has 0 saturated carbocycles. The summed E-state index contributed by atoms with van der Waals surface area (Å²) < 4.78 is 10.4. The lowest BCUT2D eigenvalue weighted by atomic mass is 10.0. The Kier molecular flexibility index (Phi) is 7.46. The zero-order valence-corrected chi connectivity index (χ0v) is 12.9. The summed E-state index contributed by atoms with van der Waals surface area (Å²) in [5.74, 6) is 0.492. The molecule has 1 rings (SSSR count). The standard InChI is InChI=1S/C16H23NO4/c1-4-21-9-5-8-17-16(19)11-14-10-13(12(2)18)6-7-15(14)20-3/h6-7,10H,4-5,8-9,11H2,1-3H3,(H,17,19). The molecule has 0 bridgehead atoms. The van der Waals surface area contributed by atoms with Crippen molar-refractivity contribution in [3.05, 3.63) is 29.3 Å². The van der Waals surface area contributed by atoms with E-state index in [1.165, 1.54) is 6.92 Å². The molecule has 0 aliphatic heterocycles. The fraction of sp³-hybridized carbons (Fsp3) is 0.500. The number of rotatable bonds is 9. The van der Waals surface area contributed by atoms with Crippen LogP contribution in [0, 0.1) is 0 Å². The molecule has 21 heavy (non-hydrogen) atoms. The number of amides is 1. The van der Waals surface area contributed by atoms with Crippen LogP contribution in [0.2, 0.25) is 0 Å². The molecule has 1 aromatic rings. The van der Waals surface area contributed by atoms with Gasteiger partial charge in [-0.3, -0.25) is 9.59 Å². The van der Waals surface area contributed by atoms with E-state index >= 15 is 0 Å². The SMILES string of the molecule is CCOCCCNC(=O)Cc1cc(C(C)=O)ccc1OC. The maximum Gasteiger partial charge on any atom is 0.224 e. The van der Waals surface area contributed by atoms with Crippen molar-refractivity contribution in [2.45, 2.75) is 26.7 Å². The Balaban J connectivity index is 2.57. The number of carbonyl (C=O) groups is 2. The van der Waals surface area contributed by atoms with Crippen LogP contribution in [0.25, 0.3) is 0 Å². The Morgan fingerprint density at radius 2 is 2.05 bits per heavy atom. The van der Waals surface area contributed by atoms with Gasteiger partial charge in [0.05, 0.1) is 13.5 Å². The highest BCUT2D eigenvalue weighted by molar-refractivity contribution is 5.94. The summed E-state index contributed by atoms with van der Waals surface area (Å²) in [4.78, 5) is 23.3. The first kappa shape index (κ1) is 17.2. The number of carbonyl (C=O) groups excluding carboxylic acids is 2. The van der Waals surface area contributed by atoms with Crippen LogP contribution in [0.1, 0.15) is 36.2 Å². The van der Waals surface area contributed by atoms with Crippen molar-refractivity contribution in [3.8, 4) is 5.75 Å². The van der Waals surface area contributed by atoms with Crippen LogP contribution in [0.5, 0.6) is 5.75 Å². The first-order valence-corrected chi connectivity index (χ1v) is 7.10. The van der Waals surface area contributed by atoms with Crippen LogP contribution in [-0.2, 0) is 16.0 Å². The van der Waals surface area contributed by atoms with Gasteiger partial charge in [0.1, 0.15) is 5.75 Å². The molecule has 1 N–H and O–H groups in total. The van der Waals surface area contributed by atoms with Crippen LogP contribution < -0.4 is 10.1 Å². The lowest BCUT2D eigenvalue weighted by Crippen LogP contribution is -2.27. The third kappa shape index (κ3) is 5.95. The fourth-order valence-electron chi connectivity index (χ4n) is 1.92. The zero-order chi connectivity index (χ0) is 15.7. The maximum atomic E-state index is 11.9. The van der Waals surface area contributed by atoms with E-state index in [9.17, 15) is 9.59 Å². The van der Waals surface area contributed by atoms with Gasteiger partial charge in [-0.05, 0) is 38.5 Å². The van der Waals surface area contributed by atoms with E-state index < -0.39 is 0 Å². The van der Waals surface area contributed by atoms with Crippen molar-refractivity contribution < 1.29 is 19.1 Å². The zero-order valence-electron chi connectivity index (χ0n) is 12.9. The summed E-state index contributed by atoms with van der Waals surface area (Å²) in [5, 5.41) is 2.83. The number of ether oxygens (including phenoxy) is 2. The first-order valence-electron chi connectivity index (χ1n) is 7.10. The van der Waals surface area contributed by atoms with E-state index in [0.29, 0.717) is 36.6 Å². The van der Waals surface area contributed by atoms with E-state index in [1.807, 2.05) is 6.92 Å². The molecule has 0 spiro atoms. The lowest BCUT2D eigenvalue weighted by Gasteiger charge is -2.10. The predicted molar refractivity (Wildman–Crippen MR) is 80.8 cm³/mol. The largest absolute Gasteiger partial charge is 0.496 e. The van der Waals surface area contributed by atoms with Crippen LogP contribution in [-0.4, -0.2) is 38.6 Å². The molecule has 0 heterocycles. The van der Waals surface area contributed by atoms with Crippen molar-refractivity contribution in [2.24, 2.45) is 0 Å². The topological polar surface area (TPSA) is 64.6 Å².